The molecule has 0 atom stereocenters. The van der Waals surface area contributed by atoms with Gasteiger partial charge in [0.2, 0.25) is 0 Å². The second-order valence-electron chi connectivity index (χ2n) is 9.70. The van der Waals surface area contributed by atoms with Gasteiger partial charge in [-0.2, -0.15) is 0 Å². The van der Waals surface area contributed by atoms with E-state index in [0.29, 0.717) is 18.1 Å². The van der Waals surface area contributed by atoms with Gasteiger partial charge in [0.15, 0.2) is 0 Å². The van der Waals surface area contributed by atoms with Crippen molar-refractivity contribution in [1.29, 1.82) is 0 Å². The van der Waals surface area contributed by atoms with Crippen LogP contribution in [0.15, 0.2) is 140 Å². The predicted octanol–water partition coefficient (Wildman–Crippen LogP) is 11.0. The van der Waals surface area contributed by atoms with Gasteiger partial charge in [-0.3, -0.25) is 4.90 Å². The van der Waals surface area contributed by atoms with Crippen LogP contribution in [0.3, 0.4) is 0 Å². The lowest BCUT2D eigenvalue weighted by Gasteiger charge is -2.31. The third-order valence-electron chi connectivity index (χ3n) is 6.43. The van der Waals surface area contributed by atoms with E-state index in [9.17, 15) is 4.79 Å². The number of para-hydroxylation sites is 2. The maximum Gasteiger partial charge on any atom is 0.329 e. The van der Waals surface area contributed by atoms with Crippen molar-refractivity contribution < 1.29 is 4.79 Å². The number of carbonyl (C=O) groups is 1. The van der Waals surface area contributed by atoms with Gasteiger partial charge in [-0.25, -0.2) is 4.79 Å². The monoisotopic (exact) mass is 595 g/mol. The minimum absolute atomic E-state index is 0.0502. The summed E-state index contributed by atoms with van der Waals surface area (Å²) in [6.45, 7) is 3.41. The smallest absolute Gasteiger partial charge is 0.329 e. The molecule has 5 rings (SSSR count). The first kappa shape index (κ1) is 30.7. The van der Waals surface area contributed by atoms with Gasteiger partial charge in [0.05, 0.1) is 11.4 Å². The van der Waals surface area contributed by atoms with Gasteiger partial charge in [-0.1, -0.05) is 115 Å². The quantitative estimate of drug-likeness (QED) is 0.184. The van der Waals surface area contributed by atoms with E-state index < -0.39 is 0 Å². The van der Waals surface area contributed by atoms with E-state index >= 15 is 0 Å². The molecule has 0 bridgehead atoms. The van der Waals surface area contributed by atoms with Crippen LogP contribution < -0.4 is 10.2 Å². The summed E-state index contributed by atoms with van der Waals surface area (Å²) in [4.78, 5) is 17.3. The summed E-state index contributed by atoms with van der Waals surface area (Å²) in [6.07, 6.45) is 1.98. The van der Waals surface area contributed by atoms with Crippen molar-refractivity contribution in [2.75, 3.05) is 16.8 Å². The Kier molecular flexibility index (Phi) is 11.9. The predicted molar refractivity (Wildman–Crippen MR) is 178 cm³/mol. The second kappa shape index (κ2) is 16.3. The molecule has 0 fully saturated rings. The highest BCUT2D eigenvalue weighted by Gasteiger charge is 2.24. The Bertz CT molecular complexity index is 1520. The fourth-order valence-electron chi connectivity index (χ4n) is 4.35. The molecule has 0 radical (unpaired) electrons. The van der Waals surface area contributed by atoms with Gasteiger partial charge in [0, 0.05) is 34.5 Å². The van der Waals surface area contributed by atoms with Crippen LogP contribution >= 0.6 is 23.2 Å². The summed E-state index contributed by atoms with van der Waals surface area (Å²) < 4.78 is 0. The van der Waals surface area contributed by atoms with Gasteiger partial charge < -0.3 is 10.2 Å². The van der Waals surface area contributed by atoms with Crippen LogP contribution in [-0.2, 0) is 6.54 Å². The fraction of sp³-hybridized carbons (Fsp3) is 0.139. The normalized spacial score (nSPS) is 10.3. The van der Waals surface area contributed by atoms with E-state index in [-0.39, 0.29) is 6.03 Å². The molecule has 42 heavy (non-hydrogen) atoms. The highest BCUT2D eigenvalue weighted by Crippen LogP contribution is 2.29. The molecule has 4 nitrogen and oxygen atoms in total. The molecule has 0 saturated heterocycles. The molecule has 0 aliphatic heterocycles. The average Bonchev–Trinajstić information content (AvgIpc) is 3.01. The summed E-state index contributed by atoms with van der Waals surface area (Å²) in [6, 6.07) is 44.9. The van der Waals surface area contributed by atoms with Crippen molar-refractivity contribution in [3.05, 3.63) is 155 Å². The van der Waals surface area contributed by atoms with Gasteiger partial charge in [0.25, 0.3) is 0 Å². The summed E-state index contributed by atoms with van der Waals surface area (Å²) in [5, 5.41) is 4.61. The third-order valence-corrected chi connectivity index (χ3v) is 6.90. The number of anilines is 4. The number of nitrogens with zero attached hydrogens (tertiary/aromatic N) is 2. The van der Waals surface area contributed by atoms with Crippen LogP contribution in [0.4, 0.5) is 27.5 Å². The number of rotatable bonds is 9. The molecule has 6 heteroatoms. The van der Waals surface area contributed by atoms with Crippen molar-refractivity contribution in [1.82, 2.24) is 4.90 Å². The number of unbranched alkanes of at least 4 members (excludes halogenated alkanes) is 1. The molecule has 1 N–H and O–H groups in total. The zero-order valence-electron chi connectivity index (χ0n) is 23.7. The first-order chi connectivity index (χ1) is 20.5. The Labute approximate surface area is 259 Å². The van der Waals surface area contributed by atoms with Crippen LogP contribution in [0.1, 0.15) is 25.3 Å². The number of amides is 2. The van der Waals surface area contributed by atoms with E-state index in [1.165, 1.54) is 0 Å². The Morgan fingerprint density at radius 3 is 1.81 bits per heavy atom. The molecule has 0 aromatic heterocycles. The number of carbonyl (C=O) groups excluding carboxylic acids is 1. The molecule has 0 saturated carbocycles. The van der Waals surface area contributed by atoms with E-state index in [4.69, 9.17) is 23.2 Å². The van der Waals surface area contributed by atoms with Crippen LogP contribution in [0.2, 0.25) is 10.0 Å². The average molecular weight is 597 g/mol. The summed E-state index contributed by atoms with van der Waals surface area (Å²) >= 11 is 12.1. The molecule has 5 aromatic carbocycles. The van der Waals surface area contributed by atoms with Crippen LogP contribution in [0, 0.1) is 0 Å². The van der Waals surface area contributed by atoms with Crippen molar-refractivity contribution in [3.63, 3.8) is 0 Å². The van der Waals surface area contributed by atoms with Crippen LogP contribution in [0.5, 0.6) is 0 Å². The lowest BCUT2D eigenvalue weighted by molar-refractivity contribution is 0.203. The first-order valence-electron chi connectivity index (χ1n) is 14.0. The highest BCUT2D eigenvalue weighted by atomic mass is 35.5. The molecule has 2 amide bonds. The molecular weight excluding hydrogens is 561 g/mol. The maximum absolute atomic E-state index is 13.7. The van der Waals surface area contributed by atoms with Gasteiger partial charge in [-0.05, 0) is 72.6 Å². The Balaban J connectivity index is 0.000000241. The van der Waals surface area contributed by atoms with Crippen molar-refractivity contribution in [2.24, 2.45) is 0 Å². The van der Waals surface area contributed by atoms with Gasteiger partial charge in [-0.15, -0.1) is 0 Å². The van der Waals surface area contributed by atoms with E-state index in [1.807, 2.05) is 132 Å². The van der Waals surface area contributed by atoms with E-state index in [1.54, 1.807) is 4.90 Å². The van der Waals surface area contributed by atoms with Gasteiger partial charge >= 0.3 is 6.03 Å². The Hall–Kier alpha value is -4.25. The summed E-state index contributed by atoms with van der Waals surface area (Å²) in [7, 11) is 0. The van der Waals surface area contributed by atoms with E-state index in [0.717, 1.165) is 46.2 Å². The SMILES string of the molecule is CCCCN(Cc1ccccc1)C(=O)N(c1ccccc1)c1cccc(Cl)c1.Clc1cccc(Nc2ccccc2)c1. The number of hydrogen-bond donors (Lipinski definition) is 1. The number of benzene rings is 5. The minimum Gasteiger partial charge on any atom is -0.355 e. The molecule has 0 unspecified atom stereocenters. The number of halogens is 2. The molecule has 0 aliphatic carbocycles. The number of urea groups is 1. The van der Waals surface area contributed by atoms with Crippen molar-refractivity contribution >= 4 is 52.0 Å². The minimum atomic E-state index is -0.0502. The summed E-state index contributed by atoms with van der Waals surface area (Å²) in [5.41, 5.74) is 4.77. The zero-order valence-corrected chi connectivity index (χ0v) is 25.2. The van der Waals surface area contributed by atoms with E-state index in [2.05, 4.69) is 24.4 Å². The fourth-order valence-corrected chi connectivity index (χ4v) is 4.73. The zero-order chi connectivity index (χ0) is 29.6. The standard InChI is InChI=1S/C24H25ClN2O.C12H10ClN/c1-2-3-17-26(19-20-11-6-4-7-12-20)24(28)27(22-14-8-5-9-15-22)23-16-10-13-21(25)18-23;13-10-5-4-8-12(9-10)14-11-6-2-1-3-7-11/h4-16,18H,2-3,17,19H2,1H3;1-9,14H. The van der Waals surface area contributed by atoms with Crippen molar-refractivity contribution in [2.45, 2.75) is 26.3 Å². The third kappa shape index (κ3) is 9.41. The molecule has 0 aliphatic rings. The highest BCUT2D eigenvalue weighted by molar-refractivity contribution is 6.31. The first-order valence-corrected chi connectivity index (χ1v) is 14.8. The molecule has 0 spiro atoms. The maximum atomic E-state index is 13.7. The molecule has 5 aromatic rings. The Morgan fingerprint density at radius 2 is 1.19 bits per heavy atom. The molecule has 214 valence electrons. The largest absolute Gasteiger partial charge is 0.355 e. The lowest BCUT2D eigenvalue weighted by Crippen LogP contribution is -2.41. The topological polar surface area (TPSA) is 35.6 Å². The number of nitrogens with one attached hydrogen (secondary N) is 1. The number of hydrogen-bond acceptors (Lipinski definition) is 2. The summed E-state index contributed by atoms with van der Waals surface area (Å²) in [5.74, 6) is 0. The molecular formula is C36H35Cl2N3O. The van der Waals surface area contributed by atoms with Crippen LogP contribution in [-0.4, -0.2) is 17.5 Å². The lowest BCUT2D eigenvalue weighted by atomic mass is 10.2. The second-order valence-corrected chi connectivity index (χ2v) is 10.6. The van der Waals surface area contributed by atoms with Gasteiger partial charge in [0.1, 0.15) is 0 Å². The molecule has 0 heterocycles. The van der Waals surface area contributed by atoms with Crippen LogP contribution in [0.25, 0.3) is 0 Å². The Morgan fingerprint density at radius 1 is 0.643 bits per heavy atom. The van der Waals surface area contributed by atoms with Crippen molar-refractivity contribution in [3.8, 4) is 0 Å².